The molecule has 0 bridgehead atoms. The Bertz CT molecular complexity index is 941. The van der Waals surface area contributed by atoms with Gasteiger partial charge in [0.2, 0.25) is 0 Å². The van der Waals surface area contributed by atoms with Gasteiger partial charge >= 0.3 is 0 Å². The molecular formula is C29H37F2NO. The first kappa shape index (κ1) is 25.3. The standard InChI is InChI=1S/C29H37F2NO/c1-20(2)24-15-13-23(14-16-24)18-32-19-28(29-21(3)8-5-9-22(29)4)33-17-7-10-25-26(30)11-6-12-27(25)31/h5-6,8-9,11-13,24,28,32H,1,7,10,14-19H2,2-4H3. The van der Waals surface area contributed by atoms with Gasteiger partial charge in [-0.2, -0.15) is 0 Å². The molecule has 33 heavy (non-hydrogen) atoms. The van der Waals surface area contributed by atoms with Gasteiger partial charge in [0.05, 0.1) is 6.10 Å². The summed E-state index contributed by atoms with van der Waals surface area (Å²) in [6, 6.07) is 10.3. The minimum absolute atomic E-state index is 0.107. The fourth-order valence-corrected chi connectivity index (χ4v) is 4.69. The van der Waals surface area contributed by atoms with Crippen LogP contribution in [0.4, 0.5) is 8.78 Å². The van der Waals surface area contributed by atoms with Crippen molar-refractivity contribution in [3.05, 3.63) is 94.1 Å². The predicted molar refractivity (Wildman–Crippen MR) is 132 cm³/mol. The number of aryl methyl sites for hydroxylation is 2. The van der Waals surface area contributed by atoms with Gasteiger partial charge in [-0.05, 0) is 87.6 Å². The highest BCUT2D eigenvalue weighted by Gasteiger charge is 2.19. The highest BCUT2D eigenvalue weighted by atomic mass is 19.1. The number of ether oxygens (including phenoxy) is 1. The summed E-state index contributed by atoms with van der Waals surface area (Å²) in [4.78, 5) is 0. The lowest BCUT2D eigenvalue weighted by Crippen LogP contribution is -2.27. The van der Waals surface area contributed by atoms with Gasteiger partial charge in [-0.1, -0.05) is 48.1 Å². The largest absolute Gasteiger partial charge is 0.372 e. The number of benzene rings is 2. The third-order valence-electron chi connectivity index (χ3n) is 6.70. The molecule has 1 N–H and O–H groups in total. The number of allylic oxidation sites excluding steroid dienone is 2. The molecule has 2 atom stereocenters. The molecule has 0 saturated heterocycles. The molecule has 0 spiro atoms. The first-order chi connectivity index (χ1) is 15.9. The van der Waals surface area contributed by atoms with Crippen LogP contribution in [0.1, 0.15) is 61.0 Å². The average molecular weight is 454 g/mol. The maximum atomic E-state index is 13.9. The van der Waals surface area contributed by atoms with E-state index in [9.17, 15) is 8.78 Å². The summed E-state index contributed by atoms with van der Waals surface area (Å²) in [6.45, 7) is 12.4. The second kappa shape index (κ2) is 12.2. The lowest BCUT2D eigenvalue weighted by Gasteiger charge is -2.25. The minimum Gasteiger partial charge on any atom is -0.372 e. The molecule has 0 heterocycles. The summed E-state index contributed by atoms with van der Waals surface area (Å²) in [5, 5.41) is 3.59. The van der Waals surface area contributed by atoms with E-state index < -0.39 is 11.6 Å². The molecule has 0 radical (unpaired) electrons. The fourth-order valence-electron chi connectivity index (χ4n) is 4.69. The molecule has 2 aromatic rings. The van der Waals surface area contributed by atoms with E-state index in [1.54, 1.807) is 0 Å². The van der Waals surface area contributed by atoms with Crippen molar-refractivity contribution < 1.29 is 13.5 Å². The van der Waals surface area contributed by atoms with Gasteiger partial charge in [-0.3, -0.25) is 0 Å². The number of hydrogen-bond acceptors (Lipinski definition) is 2. The first-order valence-electron chi connectivity index (χ1n) is 12.0. The van der Waals surface area contributed by atoms with Crippen LogP contribution in [0.3, 0.4) is 0 Å². The van der Waals surface area contributed by atoms with Crippen molar-refractivity contribution in [2.24, 2.45) is 5.92 Å². The second-order valence-electron chi connectivity index (χ2n) is 9.28. The van der Waals surface area contributed by atoms with Crippen molar-refractivity contribution in [3.8, 4) is 0 Å². The topological polar surface area (TPSA) is 21.3 Å². The van der Waals surface area contributed by atoms with Crippen molar-refractivity contribution in [1.29, 1.82) is 0 Å². The zero-order valence-corrected chi connectivity index (χ0v) is 20.2. The molecule has 2 aromatic carbocycles. The maximum Gasteiger partial charge on any atom is 0.129 e. The average Bonchev–Trinajstić information content (AvgIpc) is 2.78. The van der Waals surface area contributed by atoms with Crippen LogP contribution in [-0.2, 0) is 11.2 Å². The summed E-state index contributed by atoms with van der Waals surface area (Å²) < 4.78 is 34.1. The van der Waals surface area contributed by atoms with E-state index in [-0.39, 0.29) is 11.7 Å². The minimum atomic E-state index is -0.488. The Kier molecular flexibility index (Phi) is 9.40. The Morgan fingerprint density at radius 3 is 2.39 bits per heavy atom. The van der Waals surface area contributed by atoms with Gasteiger partial charge in [0.25, 0.3) is 0 Å². The Labute approximate surface area is 197 Å². The third kappa shape index (κ3) is 7.09. The molecule has 1 aliphatic carbocycles. The molecule has 0 aromatic heterocycles. The Morgan fingerprint density at radius 2 is 1.79 bits per heavy atom. The van der Waals surface area contributed by atoms with E-state index in [0.717, 1.165) is 19.4 Å². The van der Waals surface area contributed by atoms with Crippen LogP contribution < -0.4 is 5.32 Å². The van der Waals surface area contributed by atoms with Gasteiger partial charge in [-0.15, -0.1) is 0 Å². The van der Waals surface area contributed by atoms with Crippen LogP contribution >= 0.6 is 0 Å². The molecule has 2 unspecified atom stereocenters. The molecule has 0 amide bonds. The van der Waals surface area contributed by atoms with Crippen molar-refractivity contribution in [1.82, 2.24) is 5.32 Å². The van der Waals surface area contributed by atoms with E-state index >= 15 is 0 Å². The van der Waals surface area contributed by atoms with Gasteiger partial charge in [0, 0.05) is 25.3 Å². The maximum absolute atomic E-state index is 13.9. The fraction of sp³-hybridized carbons (Fsp3) is 0.448. The van der Waals surface area contributed by atoms with Crippen LogP contribution in [0.5, 0.6) is 0 Å². The van der Waals surface area contributed by atoms with Crippen LogP contribution in [0.2, 0.25) is 0 Å². The van der Waals surface area contributed by atoms with Crippen molar-refractivity contribution in [2.75, 3.05) is 19.7 Å². The predicted octanol–water partition coefficient (Wildman–Crippen LogP) is 7.16. The summed E-state index contributed by atoms with van der Waals surface area (Å²) in [5.41, 5.74) is 6.45. The molecule has 178 valence electrons. The molecule has 0 saturated carbocycles. The van der Waals surface area contributed by atoms with Crippen LogP contribution in [0, 0.1) is 31.4 Å². The van der Waals surface area contributed by atoms with E-state index in [2.05, 4.69) is 56.9 Å². The van der Waals surface area contributed by atoms with Gasteiger partial charge < -0.3 is 10.1 Å². The monoisotopic (exact) mass is 453 g/mol. The molecule has 0 fully saturated rings. The third-order valence-corrected chi connectivity index (χ3v) is 6.70. The van der Waals surface area contributed by atoms with E-state index in [0.29, 0.717) is 31.9 Å². The van der Waals surface area contributed by atoms with Crippen LogP contribution in [0.15, 0.2) is 60.2 Å². The number of hydrogen-bond donors (Lipinski definition) is 1. The highest BCUT2D eigenvalue weighted by molar-refractivity contribution is 5.35. The van der Waals surface area contributed by atoms with Crippen LogP contribution in [0.25, 0.3) is 0 Å². The molecular weight excluding hydrogens is 416 g/mol. The highest BCUT2D eigenvalue weighted by Crippen LogP contribution is 2.28. The second-order valence-corrected chi connectivity index (χ2v) is 9.28. The quantitative estimate of drug-likeness (QED) is 0.288. The molecule has 3 rings (SSSR count). The van der Waals surface area contributed by atoms with E-state index in [1.807, 2.05) is 0 Å². The summed E-state index contributed by atoms with van der Waals surface area (Å²) in [6.07, 6.45) is 6.49. The lowest BCUT2D eigenvalue weighted by molar-refractivity contribution is 0.0506. The normalized spacial score (nSPS) is 17.0. The molecule has 4 heteroatoms. The molecule has 1 aliphatic rings. The zero-order valence-electron chi connectivity index (χ0n) is 20.2. The van der Waals surface area contributed by atoms with E-state index in [1.165, 1.54) is 52.5 Å². The van der Waals surface area contributed by atoms with Crippen molar-refractivity contribution in [2.45, 2.75) is 59.0 Å². The summed E-state index contributed by atoms with van der Waals surface area (Å²) in [7, 11) is 0. The van der Waals surface area contributed by atoms with Crippen molar-refractivity contribution >= 4 is 0 Å². The smallest absolute Gasteiger partial charge is 0.129 e. The van der Waals surface area contributed by atoms with Gasteiger partial charge in [-0.25, -0.2) is 8.78 Å². The molecule has 2 nitrogen and oxygen atoms in total. The first-order valence-corrected chi connectivity index (χ1v) is 12.0. The zero-order chi connectivity index (χ0) is 23.8. The molecule has 0 aliphatic heterocycles. The lowest BCUT2D eigenvalue weighted by atomic mass is 9.85. The summed E-state index contributed by atoms with van der Waals surface area (Å²) in [5.74, 6) is -0.367. The Hall–Kier alpha value is -2.30. The Balaban J connectivity index is 1.58. The van der Waals surface area contributed by atoms with E-state index in [4.69, 9.17) is 4.74 Å². The van der Waals surface area contributed by atoms with Crippen LogP contribution in [-0.4, -0.2) is 19.7 Å². The van der Waals surface area contributed by atoms with Gasteiger partial charge in [0.1, 0.15) is 11.6 Å². The SMILES string of the molecule is C=C(C)C1CC=C(CNCC(OCCCc2c(F)cccc2F)c2c(C)cccc2C)CC1. The van der Waals surface area contributed by atoms with Gasteiger partial charge in [0.15, 0.2) is 0 Å². The number of rotatable bonds is 11. The Morgan fingerprint density at radius 1 is 1.12 bits per heavy atom. The number of nitrogens with one attached hydrogen (secondary N) is 1. The van der Waals surface area contributed by atoms with Crippen molar-refractivity contribution in [3.63, 3.8) is 0 Å². The number of halogens is 2. The summed E-state index contributed by atoms with van der Waals surface area (Å²) >= 11 is 0.